The van der Waals surface area contributed by atoms with E-state index < -0.39 is 0 Å². The average Bonchev–Trinajstić information content (AvgIpc) is 2.65. The van der Waals surface area contributed by atoms with Crippen molar-refractivity contribution in [3.63, 3.8) is 0 Å². The molecule has 2 N–H and O–H groups in total. The van der Waals surface area contributed by atoms with Crippen molar-refractivity contribution in [2.75, 3.05) is 36.4 Å². The molecule has 2 heterocycles. The van der Waals surface area contributed by atoms with Crippen LogP contribution in [0.4, 0.5) is 11.6 Å². The van der Waals surface area contributed by atoms with E-state index in [9.17, 15) is 4.79 Å². The second-order valence-corrected chi connectivity index (χ2v) is 6.72. The Morgan fingerprint density at radius 3 is 2.60 bits per heavy atom. The van der Waals surface area contributed by atoms with Gasteiger partial charge < -0.3 is 15.1 Å². The van der Waals surface area contributed by atoms with E-state index in [4.69, 9.17) is 11.6 Å². The minimum Gasteiger partial charge on any atom is -0.330 e. The fraction of sp³-hybridized carbons (Fsp3) is 0.389. The van der Waals surface area contributed by atoms with E-state index in [1.54, 1.807) is 12.4 Å². The molecule has 0 unspecified atom stereocenters. The number of aromatic nitrogens is 2. The Morgan fingerprint density at radius 2 is 1.92 bits per heavy atom. The zero-order valence-electron chi connectivity index (χ0n) is 14.5. The molecular weight excluding hydrogens is 338 g/mol. The Kier molecular flexibility index (Phi) is 5.50. The van der Waals surface area contributed by atoms with Gasteiger partial charge in [-0.15, -0.1) is 0 Å². The fourth-order valence-electron chi connectivity index (χ4n) is 3.05. The lowest BCUT2D eigenvalue weighted by molar-refractivity contribution is -0.914. The van der Waals surface area contributed by atoms with Crippen molar-refractivity contribution in [1.29, 1.82) is 0 Å². The van der Waals surface area contributed by atoms with Gasteiger partial charge in [0.25, 0.3) is 5.91 Å². The maximum atomic E-state index is 12.6. The van der Waals surface area contributed by atoms with Crippen LogP contribution in [0, 0.1) is 6.92 Å². The van der Waals surface area contributed by atoms with Gasteiger partial charge in [0, 0.05) is 23.1 Å². The highest BCUT2D eigenvalue weighted by molar-refractivity contribution is 6.31. The van der Waals surface area contributed by atoms with Crippen molar-refractivity contribution < 1.29 is 9.69 Å². The van der Waals surface area contributed by atoms with Gasteiger partial charge in [-0.2, -0.15) is 0 Å². The lowest BCUT2D eigenvalue weighted by atomic mass is 10.1. The first kappa shape index (κ1) is 17.6. The van der Waals surface area contributed by atoms with Crippen molar-refractivity contribution in [3.8, 4) is 0 Å². The number of quaternary nitrogens is 1. The maximum absolute atomic E-state index is 12.6. The molecule has 2 aromatic rings. The first-order valence-corrected chi connectivity index (χ1v) is 8.86. The summed E-state index contributed by atoms with van der Waals surface area (Å²) in [6.07, 6.45) is 3.51. The SMILES string of the molecule is Cc1c(Cl)cccc1NC(=O)[C@@H](C)[NH+]1CCN(c2ncccn2)CC1. The summed E-state index contributed by atoms with van der Waals surface area (Å²) in [6, 6.07) is 7.24. The largest absolute Gasteiger partial charge is 0.330 e. The Labute approximate surface area is 152 Å². The van der Waals surface area contributed by atoms with Gasteiger partial charge in [-0.1, -0.05) is 17.7 Å². The number of carbonyl (C=O) groups excluding carboxylic acids is 1. The summed E-state index contributed by atoms with van der Waals surface area (Å²) in [5.74, 6) is 0.776. The van der Waals surface area contributed by atoms with Crippen molar-refractivity contribution >= 4 is 29.1 Å². The number of amides is 1. The Hall–Kier alpha value is -2.18. The highest BCUT2D eigenvalue weighted by Gasteiger charge is 2.30. The van der Waals surface area contributed by atoms with Crippen LogP contribution >= 0.6 is 11.6 Å². The smallest absolute Gasteiger partial charge is 0.282 e. The molecular formula is C18H23ClN5O+. The van der Waals surface area contributed by atoms with Gasteiger partial charge in [-0.25, -0.2) is 9.97 Å². The minimum absolute atomic E-state index is 0.0183. The molecule has 1 atom stereocenters. The average molecular weight is 361 g/mol. The number of halogens is 1. The summed E-state index contributed by atoms with van der Waals surface area (Å²) in [5.41, 5.74) is 1.67. The molecule has 1 fully saturated rings. The molecule has 0 saturated carbocycles. The summed E-state index contributed by atoms with van der Waals surface area (Å²) in [7, 11) is 0. The Morgan fingerprint density at radius 1 is 1.24 bits per heavy atom. The molecule has 0 radical (unpaired) electrons. The monoisotopic (exact) mass is 360 g/mol. The molecule has 0 bridgehead atoms. The van der Waals surface area contributed by atoms with E-state index in [1.807, 2.05) is 38.1 Å². The quantitative estimate of drug-likeness (QED) is 0.859. The molecule has 7 heteroatoms. The van der Waals surface area contributed by atoms with Gasteiger partial charge in [0.2, 0.25) is 5.95 Å². The predicted molar refractivity (Wildman–Crippen MR) is 99.2 cm³/mol. The first-order valence-electron chi connectivity index (χ1n) is 8.49. The molecule has 1 aromatic heterocycles. The van der Waals surface area contributed by atoms with E-state index in [2.05, 4.69) is 20.2 Å². The van der Waals surface area contributed by atoms with Crippen LogP contribution in [0.1, 0.15) is 12.5 Å². The van der Waals surface area contributed by atoms with Gasteiger partial charge in [-0.3, -0.25) is 4.79 Å². The maximum Gasteiger partial charge on any atom is 0.282 e. The third-order valence-electron chi connectivity index (χ3n) is 4.77. The third-order valence-corrected chi connectivity index (χ3v) is 5.18. The Bertz CT molecular complexity index is 732. The van der Waals surface area contributed by atoms with Crippen LogP contribution < -0.4 is 15.1 Å². The number of benzene rings is 1. The second kappa shape index (κ2) is 7.80. The van der Waals surface area contributed by atoms with E-state index >= 15 is 0 Å². The van der Waals surface area contributed by atoms with Gasteiger partial charge in [0.1, 0.15) is 0 Å². The highest BCUT2D eigenvalue weighted by Crippen LogP contribution is 2.22. The number of piperazine rings is 1. The van der Waals surface area contributed by atoms with Gasteiger partial charge in [0.15, 0.2) is 6.04 Å². The van der Waals surface area contributed by atoms with Gasteiger partial charge in [-0.05, 0) is 37.6 Å². The van der Waals surface area contributed by atoms with Gasteiger partial charge >= 0.3 is 0 Å². The van der Waals surface area contributed by atoms with Crippen LogP contribution in [0.2, 0.25) is 5.02 Å². The molecule has 1 amide bonds. The summed E-state index contributed by atoms with van der Waals surface area (Å²) >= 11 is 6.13. The number of rotatable bonds is 4. The van der Waals surface area contributed by atoms with Crippen LogP contribution in [0.25, 0.3) is 0 Å². The van der Waals surface area contributed by atoms with Crippen LogP contribution in [-0.2, 0) is 4.79 Å². The third kappa shape index (κ3) is 4.08. The molecule has 0 aliphatic carbocycles. The second-order valence-electron chi connectivity index (χ2n) is 6.32. The topological polar surface area (TPSA) is 62.6 Å². The van der Waals surface area contributed by atoms with E-state index in [1.165, 1.54) is 4.90 Å². The van der Waals surface area contributed by atoms with Crippen LogP contribution in [0.15, 0.2) is 36.7 Å². The molecule has 132 valence electrons. The summed E-state index contributed by atoms with van der Waals surface area (Å²) < 4.78 is 0. The lowest BCUT2D eigenvalue weighted by Gasteiger charge is -2.34. The number of hydrogen-bond acceptors (Lipinski definition) is 4. The molecule has 25 heavy (non-hydrogen) atoms. The number of anilines is 2. The number of hydrogen-bond donors (Lipinski definition) is 2. The predicted octanol–water partition coefficient (Wildman–Crippen LogP) is 1.17. The highest BCUT2D eigenvalue weighted by atomic mass is 35.5. The standard InChI is InChI=1S/C18H22ClN5O/c1-13-15(19)5-3-6-16(13)22-17(25)14(2)23-9-11-24(12-10-23)18-20-7-4-8-21-18/h3-8,14H,9-12H2,1-2H3,(H,22,25)/p+1/t14-/m1/s1. The molecule has 1 saturated heterocycles. The summed E-state index contributed by atoms with van der Waals surface area (Å²) in [4.78, 5) is 24.6. The van der Waals surface area contributed by atoms with Crippen molar-refractivity contribution in [2.45, 2.75) is 19.9 Å². The number of nitrogens with zero attached hydrogens (tertiary/aromatic N) is 3. The van der Waals surface area contributed by atoms with E-state index in [0.29, 0.717) is 5.02 Å². The summed E-state index contributed by atoms with van der Waals surface area (Å²) in [6.45, 7) is 7.32. The first-order chi connectivity index (χ1) is 12.1. The molecule has 3 rings (SSSR count). The zero-order chi connectivity index (χ0) is 17.8. The molecule has 1 aliphatic heterocycles. The van der Waals surface area contributed by atoms with Crippen molar-refractivity contribution in [3.05, 3.63) is 47.2 Å². The van der Waals surface area contributed by atoms with E-state index in [0.717, 1.165) is 43.4 Å². The summed E-state index contributed by atoms with van der Waals surface area (Å²) in [5, 5.41) is 3.67. The van der Waals surface area contributed by atoms with Crippen LogP contribution in [-0.4, -0.2) is 48.1 Å². The normalized spacial score (nSPS) is 16.5. The minimum atomic E-state index is -0.128. The van der Waals surface area contributed by atoms with Gasteiger partial charge in [0.05, 0.1) is 26.2 Å². The van der Waals surface area contributed by atoms with Crippen molar-refractivity contribution in [2.24, 2.45) is 0 Å². The van der Waals surface area contributed by atoms with Crippen LogP contribution in [0.3, 0.4) is 0 Å². The zero-order valence-corrected chi connectivity index (χ0v) is 15.3. The van der Waals surface area contributed by atoms with E-state index in [-0.39, 0.29) is 11.9 Å². The fourth-order valence-corrected chi connectivity index (χ4v) is 3.23. The number of carbonyl (C=O) groups is 1. The number of nitrogens with one attached hydrogen (secondary N) is 2. The van der Waals surface area contributed by atoms with Crippen molar-refractivity contribution in [1.82, 2.24) is 9.97 Å². The lowest BCUT2D eigenvalue weighted by Crippen LogP contribution is -3.19. The molecule has 1 aromatic carbocycles. The molecule has 0 spiro atoms. The Balaban J connectivity index is 1.58. The molecule has 1 aliphatic rings. The molecule has 6 nitrogen and oxygen atoms in total. The van der Waals surface area contributed by atoms with Crippen LogP contribution in [0.5, 0.6) is 0 Å².